The van der Waals surface area contributed by atoms with Crippen molar-refractivity contribution < 1.29 is 0 Å². The highest BCUT2D eigenvalue weighted by molar-refractivity contribution is 9.10. The van der Waals surface area contributed by atoms with Crippen LogP contribution in [0.4, 0.5) is 0 Å². The van der Waals surface area contributed by atoms with E-state index in [4.69, 9.17) is 0 Å². The van der Waals surface area contributed by atoms with Crippen LogP contribution in [0.1, 0.15) is 19.8 Å². The van der Waals surface area contributed by atoms with Crippen LogP contribution < -0.4 is 5.56 Å². The fourth-order valence-electron chi connectivity index (χ4n) is 1.69. The van der Waals surface area contributed by atoms with E-state index < -0.39 is 0 Å². The van der Waals surface area contributed by atoms with Crippen molar-refractivity contribution in [2.24, 2.45) is 0 Å². The Kier molecular flexibility index (Phi) is 4.31. The number of aromatic nitrogens is 2. The van der Waals surface area contributed by atoms with Gasteiger partial charge in [-0.25, -0.2) is 4.68 Å². The lowest BCUT2D eigenvalue weighted by molar-refractivity contribution is 0.545. The van der Waals surface area contributed by atoms with Crippen molar-refractivity contribution in [2.75, 3.05) is 0 Å². The molecule has 1 aromatic heterocycles. The molecule has 0 amide bonds. The van der Waals surface area contributed by atoms with Gasteiger partial charge < -0.3 is 0 Å². The standard InChI is InChI=1S/C14H15BrN2O/c1-2-3-10-17-14(18)9-8-13(16-17)11-4-6-12(15)7-5-11/h4-9H,2-3,10H2,1H3. The van der Waals surface area contributed by atoms with Crippen LogP contribution in [0.2, 0.25) is 0 Å². The molecular formula is C14H15BrN2O. The third-order valence-corrected chi connectivity index (χ3v) is 3.26. The van der Waals surface area contributed by atoms with Crippen molar-refractivity contribution in [3.05, 3.63) is 51.2 Å². The van der Waals surface area contributed by atoms with Crippen LogP contribution in [0.15, 0.2) is 45.7 Å². The van der Waals surface area contributed by atoms with E-state index in [-0.39, 0.29) is 5.56 Å². The molecule has 0 unspecified atom stereocenters. The molecule has 2 rings (SSSR count). The second-order valence-electron chi connectivity index (χ2n) is 4.14. The molecule has 0 radical (unpaired) electrons. The maximum Gasteiger partial charge on any atom is 0.266 e. The van der Waals surface area contributed by atoms with E-state index in [0.29, 0.717) is 6.54 Å². The van der Waals surface area contributed by atoms with E-state index in [1.54, 1.807) is 16.8 Å². The maximum absolute atomic E-state index is 11.7. The van der Waals surface area contributed by atoms with Crippen LogP contribution in [0, 0.1) is 0 Å². The summed E-state index contributed by atoms with van der Waals surface area (Å²) in [5, 5.41) is 4.40. The minimum absolute atomic E-state index is 0.0377. The van der Waals surface area contributed by atoms with E-state index >= 15 is 0 Å². The van der Waals surface area contributed by atoms with Gasteiger partial charge in [0, 0.05) is 22.6 Å². The average molecular weight is 307 g/mol. The van der Waals surface area contributed by atoms with Gasteiger partial charge in [-0.05, 0) is 24.6 Å². The second kappa shape index (κ2) is 5.96. The van der Waals surface area contributed by atoms with Crippen LogP contribution in [0.3, 0.4) is 0 Å². The number of aryl methyl sites for hydroxylation is 1. The maximum atomic E-state index is 11.7. The van der Waals surface area contributed by atoms with Crippen LogP contribution in [0.25, 0.3) is 11.3 Å². The summed E-state index contributed by atoms with van der Waals surface area (Å²) in [6.07, 6.45) is 2.02. The van der Waals surface area contributed by atoms with Crippen LogP contribution >= 0.6 is 15.9 Å². The summed E-state index contributed by atoms with van der Waals surface area (Å²) in [6, 6.07) is 11.3. The molecule has 94 valence electrons. The molecule has 0 N–H and O–H groups in total. The summed E-state index contributed by atoms with van der Waals surface area (Å²) < 4.78 is 2.58. The van der Waals surface area contributed by atoms with Gasteiger partial charge in [-0.1, -0.05) is 41.4 Å². The molecule has 0 saturated heterocycles. The lowest BCUT2D eigenvalue weighted by Crippen LogP contribution is -2.22. The molecule has 0 aliphatic rings. The van der Waals surface area contributed by atoms with Crippen molar-refractivity contribution in [2.45, 2.75) is 26.3 Å². The third kappa shape index (κ3) is 3.07. The molecule has 1 heterocycles. The first-order chi connectivity index (χ1) is 8.70. The second-order valence-corrected chi connectivity index (χ2v) is 5.06. The van der Waals surface area contributed by atoms with Gasteiger partial charge >= 0.3 is 0 Å². The van der Waals surface area contributed by atoms with Crippen molar-refractivity contribution in [3.8, 4) is 11.3 Å². The predicted molar refractivity (Wildman–Crippen MR) is 76.5 cm³/mol. The van der Waals surface area contributed by atoms with Gasteiger partial charge in [-0.2, -0.15) is 5.10 Å². The molecule has 3 nitrogen and oxygen atoms in total. The van der Waals surface area contributed by atoms with E-state index in [1.807, 2.05) is 24.3 Å². The van der Waals surface area contributed by atoms with Crippen LogP contribution in [-0.4, -0.2) is 9.78 Å². The van der Waals surface area contributed by atoms with Crippen molar-refractivity contribution in [1.82, 2.24) is 9.78 Å². The molecule has 0 aliphatic heterocycles. The van der Waals surface area contributed by atoms with E-state index in [1.165, 1.54) is 0 Å². The van der Waals surface area contributed by atoms with E-state index in [0.717, 1.165) is 28.6 Å². The Labute approximate surface area is 115 Å². The minimum atomic E-state index is -0.0377. The van der Waals surface area contributed by atoms with Gasteiger partial charge in [0.2, 0.25) is 0 Å². The molecule has 0 saturated carbocycles. The zero-order chi connectivity index (χ0) is 13.0. The summed E-state index contributed by atoms with van der Waals surface area (Å²) >= 11 is 3.40. The summed E-state index contributed by atoms with van der Waals surface area (Å²) in [4.78, 5) is 11.7. The highest BCUT2D eigenvalue weighted by Crippen LogP contribution is 2.18. The SMILES string of the molecule is CCCCn1nc(-c2ccc(Br)cc2)ccc1=O. The summed E-state index contributed by atoms with van der Waals surface area (Å²) in [6.45, 7) is 2.78. The largest absolute Gasteiger partial charge is 0.268 e. The zero-order valence-electron chi connectivity index (χ0n) is 10.3. The molecule has 0 fully saturated rings. The Morgan fingerprint density at radius 1 is 1.17 bits per heavy atom. The predicted octanol–water partition coefficient (Wildman–Crippen LogP) is 3.47. The number of nitrogens with zero attached hydrogens (tertiary/aromatic N) is 2. The number of hydrogen-bond donors (Lipinski definition) is 0. The molecule has 4 heteroatoms. The number of benzene rings is 1. The first kappa shape index (κ1) is 13.0. The molecule has 1 aromatic carbocycles. The first-order valence-electron chi connectivity index (χ1n) is 6.05. The molecule has 0 spiro atoms. The Morgan fingerprint density at radius 2 is 1.89 bits per heavy atom. The van der Waals surface area contributed by atoms with E-state index in [2.05, 4.69) is 28.0 Å². The topological polar surface area (TPSA) is 34.9 Å². The fraction of sp³-hybridized carbons (Fsp3) is 0.286. The van der Waals surface area contributed by atoms with Gasteiger partial charge in [-0.15, -0.1) is 0 Å². The lowest BCUT2D eigenvalue weighted by atomic mass is 10.1. The highest BCUT2D eigenvalue weighted by atomic mass is 79.9. The normalized spacial score (nSPS) is 10.6. The quantitative estimate of drug-likeness (QED) is 0.867. The molecular weight excluding hydrogens is 292 g/mol. The smallest absolute Gasteiger partial charge is 0.266 e. The first-order valence-corrected chi connectivity index (χ1v) is 6.84. The number of unbranched alkanes of at least 4 members (excludes halogenated alkanes) is 1. The van der Waals surface area contributed by atoms with Gasteiger partial charge in [0.1, 0.15) is 0 Å². The minimum Gasteiger partial charge on any atom is -0.268 e. The molecule has 0 bridgehead atoms. The summed E-state index contributed by atoms with van der Waals surface area (Å²) in [7, 11) is 0. The number of hydrogen-bond acceptors (Lipinski definition) is 2. The third-order valence-electron chi connectivity index (χ3n) is 2.73. The van der Waals surface area contributed by atoms with Gasteiger partial charge in [0.05, 0.1) is 5.69 Å². The number of rotatable bonds is 4. The Morgan fingerprint density at radius 3 is 2.56 bits per heavy atom. The summed E-state index contributed by atoms with van der Waals surface area (Å²) in [5.74, 6) is 0. The van der Waals surface area contributed by atoms with Crippen molar-refractivity contribution in [3.63, 3.8) is 0 Å². The Hall–Kier alpha value is -1.42. The van der Waals surface area contributed by atoms with E-state index in [9.17, 15) is 4.79 Å². The van der Waals surface area contributed by atoms with Gasteiger partial charge in [0.25, 0.3) is 5.56 Å². The molecule has 0 atom stereocenters. The fourth-order valence-corrected chi connectivity index (χ4v) is 1.96. The molecule has 2 aromatic rings. The lowest BCUT2D eigenvalue weighted by Gasteiger charge is -2.06. The van der Waals surface area contributed by atoms with Crippen LogP contribution in [0.5, 0.6) is 0 Å². The zero-order valence-corrected chi connectivity index (χ0v) is 11.9. The van der Waals surface area contributed by atoms with Crippen LogP contribution in [-0.2, 0) is 6.54 Å². The summed E-state index contributed by atoms with van der Waals surface area (Å²) in [5.41, 5.74) is 1.81. The molecule has 18 heavy (non-hydrogen) atoms. The highest BCUT2D eigenvalue weighted by Gasteiger charge is 2.03. The molecule has 0 aliphatic carbocycles. The van der Waals surface area contributed by atoms with Gasteiger partial charge in [-0.3, -0.25) is 4.79 Å². The van der Waals surface area contributed by atoms with Crippen molar-refractivity contribution >= 4 is 15.9 Å². The Balaban J connectivity index is 2.34. The van der Waals surface area contributed by atoms with Crippen molar-refractivity contribution in [1.29, 1.82) is 0 Å². The van der Waals surface area contributed by atoms with Gasteiger partial charge in [0.15, 0.2) is 0 Å². The monoisotopic (exact) mass is 306 g/mol. The Bertz CT molecular complexity index is 575. The number of halogens is 1. The average Bonchev–Trinajstić information content (AvgIpc) is 2.39.